The van der Waals surface area contributed by atoms with Gasteiger partial charge in [-0.1, -0.05) is 13.3 Å². The highest BCUT2D eigenvalue weighted by Crippen LogP contribution is 2.27. The smallest absolute Gasteiger partial charge is 0.320 e. The molecule has 27 heavy (non-hydrogen) atoms. The molecule has 1 aliphatic rings. The van der Waals surface area contributed by atoms with E-state index in [0.717, 1.165) is 44.8 Å². The number of anilines is 1. The molecule has 3 heterocycles. The predicted molar refractivity (Wildman–Crippen MR) is 106 cm³/mol. The molecule has 0 aliphatic carbocycles. The molecule has 3 N–H and O–H groups in total. The number of nitrogens with two attached hydrogens (primary N) is 1. The van der Waals surface area contributed by atoms with Crippen molar-refractivity contribution in [3.63, 3.8) is 0 Å². The molecule has 0 saturated carbocycles. The van der Waals surface area contributed by atoms with Gasteiger partial charge in [0.2, 0.25) is 0 Å². The van der Waals surface area contributed by atoms with E-state index in [-0.39, 0.29) is 6.10 Å². The van der Waals surface area contributed by atoms with Crippen molar-refractivity contribution in [2.75, 3.05) is 25.9 Å². The molecule has 0 bridgehead atoms. The van der Waals surface area contributed by atoms with E-state index in [4.69, 9.17) is 15.2 Å². The maximum Gasteiger partial charge on any atom is 0.320 e. The summed E-state index contributed by atoms with van der Waals surface area (Å²) in [4.78, 5) is 13.3. The number of imidazole rings is 1. The number of nitrogens with one attached hydrogen (secondary N) is 1. The molecule has 1 fully saturated rings. The second-order valence-electron chi connectivity index (χ2n) is 7.39. The first-order chi connectivity index (χ1) is 13.1. The van der Waals surface area contributed by atoms with Crippen LogP contribution in [0.1, 0.15) is 52.4 Å². The number of hydrogen-bond donors (Lipinski definition) is 2. The van der Waals surface area contributed by atoms with E-state index in [1.54, 1.807) is 7.11 Å². The van der Waals surface area contributed by atoms with Gasteiger partial charge in [-0.2, -0.15) is 15.0 Å². The van der Waals surface area contributed by atoms with E-state index in [0.29, 0.717) is 29.0 Å². The van der Waals surface area contributed by atoms with Gasteiger partial charge < -0.3 is 20.5 Å². The zero-order chi connectivity index (χ0) is 19.2. The van der Waals surface area contributed by atoms with E-state index < -0.39 is 0 Å². The Kier molecular flexibility index (Phi) is 6.71. The highest BCUT2D eigenvalue weighted by Gasteiger charge is 2.19. The van der Waals surface area contributed by atoms with Crippen molar-refractivity contribution in [1.29, 1.82) is 0 Å². The lowest BCUT2D eigenvalue weighted by molar-refractivity contribution is 0.193. The number of nitrogens with zero attached hydrogens (tertiary/aromatic N) is 4. The van der Waals surface area contributed by atoms with Crippen molar-refractivity contribution >= 4 is 17.0 Å². The molecular formula is C19H32N6O2. The summed E-state index contributed by atoms with van der Waals surface area (Å²) in [5.74, 6) is 1.07. The number of ether oxygens (including phenoxy) is 2. The molecule has 150 valence electrons. The van der Waals surface area contributed by atoms with E-state index >= 15 is 0 Å². The molecule has 8 heteroatoms. The van der Waals surface area contributed by atoms with Crippen molar-refractivity contribution in [3.8, 4) is 12.0 Å². The molecule has 2 atom stereocenters. The molecule has 3 rings (SSSR count). The zero-order valence-electron chi connectivity index (χ0n) is 16.7. The van der Waals surface area contributed by atoms with Gasteiger partial charge in [-0.05, 0) is 58.0 Å². The van der Waals surface area contributed by atoms with Crippen molar-refractivity contribution in [2.24, 2.45) is 5.92 Å². The lowest BCUT2D eigenvalue weighted by atomic mass is 9.95. The third kappa shape index (κ3) is 4.80. The fourth-order valence-electron chi connectivity index (χ4n) is 3.75. The number of aromatic nitrogens is 4. The molecular weight excluding hydrogens is 344 g/mol. The minimum absolute atomic E-state index is 0.0453. The molecule has 0 spiro atoms. The third-order valence-electron chi connectivity index (χ3n) is 5.14. The van der Waals surface area contributed by atoms with Gasteiger partial charge in [0.15, 0.2) is 17.0 Å². The Morgan fingerprint density at radius 3 is 2.89 bits per heavy atom. The standard InChI is InChI=1S/C19H32N6O2/c1-4-7-13(2)27-18-23-16(20)15-17(24-18)25(19(22-15)26-3)11-6-9-14-8-5-10-21-12-14/h13-14,21H,4-12H2,1-3H3,(H2,20,23,24). The fourth-order valence-corrected chi connectivity index (χ4v) is 3.75. The minimum Gasteiger partial charge on any atom is -0.468 e. The van der Waals surface area contributed by atoms with Crippen molar-refractivity contribution in [2.45, 2.75) is 65.0 Å². The summed E-state index contributed by atoms with van der Waals surface area (Å²) in [6, 6.07) is 0.827. The van der Waals surface area contributed by atoms with Crippen LogP contribution in [0.5, 0.6) is 12.0 Å². The molecule has 1 aliphatic heterocycles. The molecule has 0 aromatic carbocycles. The van der Waals surface area contributed by atoms with Gasteiger partial charge in [-0.15, -0.1) is 0 Å². The van der Waals surface area contributed by atoms with E-state index in [1.807, 2.05) is 11.5 Å². The predicted octanol–water partition coefficient (Wildman–Crippen LogP) is 2.76. The fraction of sp³-hybridized carbons (Fsp3) is 0.737. The normalized spacial score (nSPS) is 18.6. The van der Waals surface area contributed by atoms with Crippen LogP contribution < -0.4 is 20.5 Å². The quantitative estimate of drug-likeness (QED) is 0.694. The topological polar surface area (TPSA) is 100 Å². The highest BCUT2D eigenvalue weighted by molar-refractivity contribution is 5.83. The van der Waals surface area contributed by atoms with E-state index in [2.05, 4.69) is 27.2 Å². The number of nitrogen functional groups attached to an aromatic ring is 1. The Hall–Kier alpha value is -2.09. The van der Waals surface area contributed by atoms with Gasteiger partial charge in [0.25, 0.3) is 6.01 Å². The van der Waals surface area contributed by atoms with Gasteiger partial charge in [-0.25, -0.2) is 0 Å². The highest BCUT2D eigenvalue weighted by atomic mass is 16.5. The first-order valence-corrected chi connectivity index (χ1v) is 10.1. The first kappa shape index (κ1) is 19.7. The zero-order valence-corrected chi connectivity index (χ0v) is 16.7. The Balaban J connectivity index is 1.78. The van der Waals surface area contributed by atoms with Crippen molar-refractivity contribution < 1.29 is 9.47 Å². The van der Waals surface area contributed by atoms with Gasteiger partial charge in [0.05, 0.1) is 13.2 Å². The summed E-state index contributed by atoms with van der Waals surface area (Å²) in [6.07, 6.45) is 6.82. The number of rotatable bonds is 9. The second kappa shape index (κ2) is 9.21. The Morgan fingerprint density at radius 1 is 1.33 bits per heavy atom. The van der Waals surface area contributed by atoms with Crippen molar-refractivity contribution in [3.05, 3.63) is 0 Å². The monoisotopic (exact) mass is 376 g/mol. The maximum atomic E-state index is 6.12. The summed E-state index contributed by atoms with van der Waals surface area (Å²) in [5, 5.41) is 3.48. The number of methoxy groups -OCH3 is 1. The van der Waals surface area contributed by atoms with Gasteiger partial charge in [-0.3, -0.25) is 4.57 Å². The van der Waals surface area contributed by atoms with Crippen LogP contribution in [0.15, 0.2) is 0 Å². The van der Waals surface area contributed by atoms with Crippen LogP contribution in [-0.2, 0) is 6.54 Å². The molecule has 0 radical (unpaired) electrons. The average molecular weight is 377 g/mol. The molecule has 2 aromatic heterocycles. The lowest BCUT2D eigenvalue weighted by Crippen LogP contribution is -2.29. The number of hydrogen-bond acceptors (Lipinski definition) is 7. The van der Waals surface area contributed by atoms with Crippen LogP contribution >= 0.6 is 0 Å². The Labute approximate surface area is 160 Å². The second-order valence-corrected chi connectivity index (χ2v) is 7.39. The SMILES string of the molecule is CCCC(C)Oc1nc(N)c2nc(OC)n(CCCC3CCCNC3)c2n1. The van der Waals surface area contributed by atoms with Crippen LogP contribution in [0.4, 0.5) is 5.82 Å². The number of aryl methyl sites for hydroxylation is 1. The van der Waals surface area contributed by atoms with Crippen LogP contribution in [0.3, 0.4) is 0 Å². The van der Waals surface area contributed by atoms with Gasteiger partial charge in [0.1, 0.15) is 0 Å². The van der Waals surface area contributed by atoms with Crippen LogP contribution in [0.25, 0.3) is 11.2 Å². The van der Waals surface area contributed by atoms with Crippen molar-refractivity contribution in [1.82, 2.24) is 24.8 Å². The third-order valence-corrected chi connectivity index (χ3v) is 5.14. The molecule has 1 saturated heterocycles. The molecule has 0 amide bonds. The molecule has 2 aromatic rings. The number of fused-ring (bicyclic) bond motifs is 1. The number of piperidine rings is 1. The Morgan fingerprint density at radius 2 is 2.19 bits per heavy atom. The van der Waals surface area contributed by atoms with Crippen LogP contribution in [-0.4, -0.2) is 45.8 Å². The van der Waals surface area contributed by atoms with E-state index in [1.165, 1.54) is 19.3 Å². The summed E-state index contributed by atoms with van der Waals surface area (Å²) < 4.78 is 13.3. The van der Waals surface area contributed by atoms with Crippen LogP contribution in [0.2, 0.25) is 0 Å². The first-order valence-electron chi connectivity index (χ1n) is 10.1. The Bertz CT molecular complexity index is 741. The summed E-state index contributed by atoms with van der Waals surface area (Å²) in [5.41, 5.74) is 7.37. The lowest BCUT2D eigenvalue weighted by Gasteiger charge is -2.22. The minimum atomic E-state index is 0.0453. The van der Waals surface area contributed by atoms with Crippen LogP contribution in [0, 0.1) is 5.92 Å². The van der Waals surface area contributed by atoms with E-state index in [9.17, 15) is 0 Å². The summed E-state index contributed by atoms with van der Waals surface area (Å²) >= 11 is 0. The summed E-state index contributed by atoms with van der Waals surface area (Å²) in [7, 11) is 1.62. The van der Waals surface area contributed by atoms with Gasteiger partial charge in [0, 0.05) is 6.54 Å². The summed E-state index contributed by atoms with van der Waals surface area (Å²) in [6.45, 7) is 7.19. The van der Waals surface area contributed by atoms with Gasteiger partial charge >= 0.3 is 6.01 Å². The largest absolute Gasteiger partial charge is 0.468 e. The maximum absolute atomic E-state index is 6.12. The average Bonchev–Trinajstić information content (AvgIpc) is 3.01. The molecule has 8 nitrogen and oxygen atoms in total. The molecule has 2 unspecified atom stereocenters.